The topological polar surface area (TPSA) is 29.5 Å². The second-order valence-corrected chi connectivity index (χ2v) is 4.74. The number of nitrogens with zero attached hydrogens (tertiary/aromatic N) is 1. The number of hydrogen-bond acceptors (Lipinski definition) is 2. The highest BCUT2D eigenvalue weighted by atomic mass is 35.5. The van der Waals surface area contributed by atoms with E-state index in [1.165, 1.54) is 0 Å². The fourth-order valence-corrected chi connectivity index (χ4v) is 2.31. The summed E-state index contributed by atoms with van der Waals surface area (Å²) in [6.07, 6.45) is 0. The van der Waals surface area contributed by atoms with Crippen LogP contribution < -0.4 is 0 Å². The zero-order valence-corrected chi connectivity index (χ0v) is 11.0. The molecule has 0 aliphatic carbocycles. The Balaban J connectivity index is 2.32. The summed E-state index contributed by atoms with van der Waals surface area (Å²) in [4.78, 5) is 14.0. The Morgan fingerprint density at radius 1 is 1.29 bits per heavy atom. The van der Waals surface area contributed by atoms with E-state index in [2.05, 4.69) is 0 Å². The Morgan fingerprint density at radius 2 is 1.94 bits per heavy atom. The highest BCUT2D eigenvalue weighted by Gasteiger charge is 2.23. The fraction of sp³-hybridized carbons (Fsp3) is 0.417. The van der Waals surface area contributed by atoms with Gasteiger partial charge >= 0.3 is 0 Å². The van der Waals surface area contributed by atoms with Crippen molar-refractivity contribution in [2.24, 2.45) is 0 Å². The van der Waals surface area contributed by atoms with Gasteiger partial charge in [0.1, 0.15) is 0 Å². The number of ether oxygens (including phenoxy) is 1. The van der Waals surface area contributed by atoms with Gasteiger partial charge < -0.3 is 9.64 Å². The molecule has 1 saturated heterocycles. The number of hydrogen-bond donors (Lipinski definition) is 0. The molecule has 0 spiro atoms. The van der Waals surface area contributed by atoms with E-state index in [0.717, 1.165) is 5.56 Å². The lowest BCUT2D eigenvalue weighted by Crippen LogP contribution is -2.41. The third-order valence-electron chi connectivity index (χ3n) is 2.80. The molecule has 1 aliphatic heterocycles. The van der Waals surface area contributed by atoms with Crippen molar-refractivity contribution in [2.45, 2.75) is 6.92 Å². The standard InChI is InChI=1S/C12H13Cl2NO2/c1-8-2-3-9(13)10(11(8)14)12(16)15-4-6-17-7-5-15/h2-3H,4-7H2,1H3. The van der Waals surface area contributed by atoms with Gasteiger partial charge in [0.2, 0.25) is 0 Å². The van der Waals surface area contributed by atoms with E-state index in [1.807, 2.05) is 6.92 Å². The Kier molecular flexibility index (Phi) is 3.92. The van der Waals surface area contributed by atoms with Gasteiger partial charge in [0.15, 0.2) is 0 Å². The second-order valence-electron chi connectivity index (χ2n) is 3.96. The molecule has 92 valence electrons. The van der Waals surface area contributed by atoms with E-state index in [4.69, 9.17) is 27.9 Å². The number of carbonyl (C=O) groups is 1. The minimum Gasteiger partial charge on any atom is -0.378 e. The van der Waals surface area contributed by atoms with Gasteiger partial charge in [-0.3, -0.25) is 4.79 Å². The predicted octanol–water partition coefficient (Wildman–Crippen LogP) is 2.77. The van der Waals surface area contributed by atoms with Gasteiger partial charge in [-0.25, -0.2) is 0 Å². The fourth-order valence-electron chi connectivity index (χ4n) is 1.78. The van der Waals surface area contributed by atoms with E-state index in [0.29, 0.717) is 41.9 Å². The number of benzene rings is 1. The van der Waals surface area contributed by atoms with Gasteiger partial charge in [-0.05, 0) is 18.6 Å². The molecule has 0 atom stereocenters. The van der Waals surface area contributed by atoms with Crippen molar-refractivity contribution >= 4 is 29.1 Å². The first-order chi connectivity index (χ1) is 8.11. The van der Waals surface area contributed by atoms with Crippen LogP contribution in [0.3, 0.4) is 0 Å². The van der Waals surface area contributed by atoms with Gasteiger partial charge in [0, 0.05) is 13.1 Å². The molecule has 5 heteroatoms. The SMILES string of the molecule is Cc1ccc(Cl)c(C(=O)N2CCOCC2)c1Cl. The van der Waals surface area contributed by atoms with Crippen molar-refractivity contribution in [3.8, 4) is 0 Å². The highest BCUT2D eigenvalue weighted by Crippen LogP contribution is 2.29. The maximum Gasteiger partial charge on any atom is 0.257 e. The molecule has 1 amide bonds. The first kappa shape index (κ1) is 12.7. The van der Waals surface area contributed by atoms with E-state index in [1.54, 1.807) is 17.0 Å². The molecule has 0 saturated carbocycles. The highest BCUT2D eigenvalue weighted by molar-refractivity contribution is 6.40. The van der Waals surface area contributed by atoms with Gasteiger partial charge in [0.05, 0.1) is 28.8 Å². The number of aryl methyl sites for hydroxylation is 1. The van der Waals surface area contributed by atoms with Crippen LogP contribution >= 0.6 is 23.2 Å². The molecular weight excluding hydrogens is 261 g/mol. The maximum absolute atomic E-state index is 12.3. The van der Waals surface area contributed by atoms with Gasteiger partial charge in [-0.15, -0.1) is 0 Å². The third-order valence-corrected chi connectivity index (χ3v) is 3.60. The third kappa shape index (κ3) is 2.57. The summed E-state index contributed by atoms with van der Waals surface area (Å²) < 4.78 is 5.21. The molecule has 3 nitrogen and oxygen atoms in total. The van der Waals surface area contributed by atoms with E-state index in [9.17, 15) is 4.79 Å². The lowest BCUT2D eigenvalue weighted by Gasteiger charge is -2.27. The van der Waals surface area contributed by atoms with E-state index >= 15 is 0 Å². The summed E-state index contributed by atoms with van der Waals surface area (Å²) in [5.74, 6) is -0.119. The second kappa shape index (κ2) is 5.25. The van der Waals surface area contributed by atoms with Gasteiger partial charge in [-0.1, -0.05) is 29.3 Å². The van der Waals surface area contributed by atoms with Gasteiger partial charge in [0.25, 0.3) is 5.91 Å². The molecule has 1 heterocycles. The smallest absolute Gasteiger partial charge is 0.257 e. The van der Waals surface area contributed by atoms with Crippen molar-refractivity contribution in [1.82, 2.24) is 4.90 Å². The van der Waals surface area contributed by atoms with Gasteiger partial charge in [-0.2, -0.15) is 0 Å². The molecule has 1 aromatic carbocycles. The number of morpholine rings is 1. The van der Waals surface area contributed by atoms with Crippen molar-refractivity contribution in [2.75, 3.05) is 26.3 Å². The summed E-state index contributed by atoms with van der Waals surface area (Å²) >= 11 is 12.2. The molecule has 0 bridgehead atoms. The molecular formula is C12H13Cl2NO2. The molecule has 0 radical (unpaired) electrons. The van der Waals surface area contributed by atoms with Crippen LogP contribution in [0.1, 0.15) is 15.9 Å². The zero-order chi connectivity index (χ0) is 12.4. The summed E-state index contributed by atoms with van der Waals surface area (Å²) in [5.41, 5.74) is 1.25. The largest absolute Gasteiger partial charge is 0.378 e. The monoisotopic (exact) mass is 273 g/mol. The molecule has 1 aliphatic rings. The van der Waals surface area contributed by atoms with Crippen molar-refractivity contribution < 1.29 is 9.53 Å². The number of amides is 1. The Bertz CT molecular complexity index is 442. The Hall–Kier alpha value is -0.770. The molecule has 2 rings (SSSR count). The van der Waals surface area contributed by atoms with Crippen LogP contribution in [-0.4, -0.2) is 37.1 Å². The van der Waals surface area contributed by atoms with Crippen molar-refractivity contribution in [3.63, 3.8) is 0 Å². The lowest BCUT2D eigenvalue weighted by atomic mass is 10.1. The quantitative estimate of drug-likeness (QED) is 0.788. The van der Waals surface area contributed by atoms with Crippen LogP contribution in [0.5, 0.6) is 0 Å². The van der Waals surface area contributed by atoms with Crippen molar-refractivity contribution in [3.05, 3.63) is 33.3 Å². The number of rotatable bonds is 1. The van der Waals surface area contributed by atoms with Crippen molar-refractivity contribution in [1.29, 1.82) is 0 Å². The molecule has 1 fully saturated rings. The maximum atomic E-state index is 12.3. The van der Waals surface area contributed by atoms with Crippen LogP contribution in [0, 0.1) is 6.92 Å². The zero-order valence-electron chi connectivity index (χ0n) is 9.50. The van der Waals surface area contributed by atoms with Crippen LogP contribution in [0.25, 0.3) is 0 Å². The predicted molar refractivity (Wildman–Crippen MR) is 67.9 cm³/mol. The molecule has 17 heavy (non-hydrogen) atoms. The first-order valence-electron chi connectivity index (χ1n) is 5.43. The normalized spacial score (nSPS) is 16.1. The summed E-state index contributed by atoms with van der Waals surface area (Å²) in [6, 6.07) is 3.51. The number of carbonyl (C=O) groups excluding carboxylic acids is 1. The average Bonchev–Trinajstić information content (AvgIpc) is 2.35. The molecule has 0 unspecified atom stereocenters. The van der Waals surface area contributed by atoms with E-state index < -0.39 is 0 Å². The number of halogens is 2. The average molecular weight is 274 g/mol. The molecule has 0 aromatic heterocycles. The molecule has 0 N–H and O–H groups in total. The Morgan fingerprint density at radius 3 is 2.59 bits per heavy atom. The minimum atomic E-state index is -0.119. The Labute approximate surface area is 110 Å². The van der Waals surface area contributed by atoms with E-state index in [-0.39, 0.29) is 5.91 Å². The summed E-state index contributed by atoms with van der Waals surface area (Å²) in [6.45, 7) is 4.15. The van der Waals surface area contributed by atoms with Crippen LogP contribution in [-0.2, 0) is 4.74 Å². The summed E-state index contributed by atoms with van der Waals surface area (Å²) in [5, 5.41) is 0.839. The van der Waals surface area contributed by atoms with Crippen LogP contribution in [0.4, 0.5) is 0 Å². The first-order valence-corrected chi connectivity index (χ1v) is 6.18. The lowest BCUT2D eigenvalue weighted by molar-refractivity contribution is 0.0303. The molecule has 1 aromatic rings. The summed E-state index contributed by atoms with van der Waals surface area (Å²) in [7, 11) is 0. The van der Waals surface area contributed by atoms with Crippen LogP contribution in [0.2, 0.25) is 10.0 Å². The minimum absolute atomic E-state index is 0.119. The van der Waals surface area contributed by atoms with Crippen LogP contribution in [0.15, 0.2) is 12.1 Å².